The van der Waals surface area contributed by atoms with E-state index >= 15 is 0 Å². The van der Waals surface area contributed by atoms with Crippen molar-refractivity contribution in [3.8, 4) is 5.82 Å². The summed E-state index contributed by atoms with van der Waals surface area (Å²) in [6, 6.07) is 8.15. The van der Waals surface area contributed by atoms with Crippen LogP contribution in [0.1, 0.15) is 44.4 Å². The molecule has 2 aromatic heterocycles. The third-order valence-corrected chi connectivity index (χ3v) is 8.50. The first-order valence-corrected chi connectivity index (χ1v) is 14.3. The maximum absolute atomic E-state index is 14.2. The lowest BCUT2D eigenvalue weighted by Gasteiger charge is -2.35. The number of halogens is 2. The van der Waals surface area contributed by atoms with Crippen LogP contribution in [0.3, 0.4) is 0 Å². The van der Waals surface area contributed by atoms with Crippen LogP contribution in [-0.2, 0) is 9.53 Å². The molecule has 3 fully saturated rings. The number of carbonyl (C=O) groups excluding carboxylic acids is 1. The average molecular weight is 585 g/mol. The van der Waals surface area contributed by atoms with Crippen molar-refractivity contribution in [2.75, 3.05) is 50.1 Å². The first-order chi connectivity index (χ1) is 20.3. The summed E-state index contributed by atoms with van der Waals surface area (Å²) >= 11 is 0. The van der Waals surface area contributed by atoms with Crippen molar-refractivity contribution in [2.45, 2.75) is 56.7 Å². The van der Waals surface area contributed by atoms with Crippen LogP contribution in [0.4, 0.5) is 25.3 Å². The van der Waals surface area contributed by atoms with Crippen molar-refractivity contribution >= 4 is 34.8 Å². The molecule has 3 aliphatic rings. The minimum absolute atomic E-state index is 0.0262. The quantitative estimate of drug-likeness (QED) is 0.429. The number of rotatable bonds is 7. The Morgan fingerprint density at radius 3 is 2.48 bits per heavy atom. The number of amides is 2. The van der Waals surface area contributed by atoms with E-state index < -0.39 is 18.6 Å². The summed E-state index contributed by atoms with van der Waals surface area (Å²) in [5.41, 5.74) is 0.994. The molecule has 6 rings (SSSR count). The summed E-state index contributed by atoms with van der Waals surface area (Å²) in [6.45, 7) is 2.87. The highest BCUT2D eigenvalue weighted by Gasteiger charge is 2.40. The van der Waals surface area contributed by atoms with Gasteiger partial charge in [0.25, 0.3) is 6.43 Å². The van der Waals surface area contributed by atoms with Crippen LogP contribution in [0.15, 0.2) is 30.3 Å². The zero-order valence-corrected chi connectivity index (χ0v) is 23.3. The number of alkyl halides is 2. The first-order valence-electron chi connectivity index (χ1n) is 14.3. The molecule has 0 radical (unpaired) electrons. The molecule has 3 aromatic rings. The van der Waals surface area contributed by atoms with Gasteiger partial charge in [0.05, 0.1) is 24.2 Å². The van der Waals surface area contributed by atoms with E-state index in [1.165, 1.54) is 11.6 Å². The Balaban J connectivity index is 1.23. The van der Waals surface area contributed by atoms with Crippen molar-refractivity contribution in [1.82, 2.24) is 29.3 Å². The molecule has 224 valence electrons. The third kappa shape index (κ3) is 5.42. The molecule has 2 N–H and O–H groups in total. The summed E-state index contributed by atoms with van der Waals surface area (Å²) < 4.78 is 35.2. The number of para-hydroxylation sites is 2. The highest BCUT2D eigenvalue weighted by atomic mass is 19.3. The maximum Gasteiger partial charge on any atom is 0.407 e. The van der Waals surface area contributed by atoms with Crippen molar-refractivity contribution in [3.63, 3.8) is 0 Å². The number of morpholine rings is 1. The van der Waals surface area contributed by atoms with Crippen LogP contribution < -0.4 is 10.2 Å². The average Bonchev–Trinajstić information content (AvgIpc) is 3.58. The van der Waals surface area contributed by atoms with Crippen molar-refractivity contribution in [1.29, 1.82) is 0 Å². The Bertz CT molecular complexity index is 1450. The van der Waals surface area contributed by atoms with Crippen LogP contribution in [0.2, 0.25) is 0 Å². The van der Waals surface area contributed by atoms with E-state index in [4.69, 9.17) is 14.7 Å². The summed E-state index contributed by atoms with van der Waals surface area (Å²) in [6.07, 6.45) is -0.390. The van der Waals surface area contributed by atoms with Crippen LogP contribution in [0, 0.1) is 0 Å². The van der Waals surface area contributed by atoms with Gasteiger partial charge < -0.3 is 25.0 Å². The van der Waals surface area contributed by atoms with Crippen molar-refractivity contribution in [2.24, 2.45) is 0 Å². The molecule has 2 amide bonds. The molecule has 0 unspecified atom stereocenters. The fraction of sp³-hybridized carbons (Fsp3) is 0.536. The number of fused-ring (bicyclic) bond motifs is 1. The molecule has 1 aromatic carbocycles. The number of likely N-dealkylation sites (N-methyl/N-ethyl adjacent to an activating group) is 1. The van der Waals surface area contributed by atoms with E-state index in [-0.39, 0.29) is 23.8 Å². The van der Waals surface area contributed by atoms with Gasteiger partial charge in [-0.25, -0.2) is 18.6 Å². The van der Waals surface area contributed by atoms with E-state index in [1.807, 2.05) is 4.90 Å². The van der Waals surface area contributed by atoms with Gasteiger partial charge in [0.2, 0.25) is 11.9 Å². The summed E-state index contributed by atoms with van der Waals surface area (Å²) in [7, 11) is 1.44. The smallest absolute Gasteiger partial charge is 0.407 e. The molecule has 0 bridgehead atoms. The Morgan fingerprint density at radius 2 is 1.76 bits per heavy atom. The number of anilines is 2. The first kappa shape index (κ1) is 28.1. The molecule has 2 aliphatic heterocycles. The van der Waals surface area contributed by atoms with Gasteiger partial charge in [0.1, 0.15) is 17.7 Å². The summed E-state index contributed by atoms with van der Waals surface area (Å²) in [4.78, 5) is 42.9. The largest absolute Gasteiger partial charge is 0.465 e. The molecular formula is C28H34F2N8O4. The van der Waals surface area contributed by atoms with Crippen LogP contribution in [0.25, 0.3) is 16.9 Å². The topological polar surface area (TPSA) is 129 Å². The van der Waals surface area contributed by atoms with E-state index in [0.29, 0.717) is 67.9 Å². The molecule has 1 aliphatic carbocycles. The Kier molecular flexibility index (Phi) is 7.80. The van der Waals surface area contributed by atoms with Gasteiger partial charge in [0.15, 0.2) is 5.82 Å². The van der Waals surface area contributed by atoms with E-state index in [1.54, 1.807) is 30.3 Å². The molecule has 12 nitrogen and oxygen atoms in total. The number of ether oxygens (including phenoxy) is 1. The number of nitrogens with one attached hydrogen (secondary N) is 1. The molecule has 4 heterocycles. The maximum atomic E-state index is 14.2. The number of likely N-dealkylation sites (tertiary alicyclic amines) is 1. The minimum atomic E-state index is -2.80. The van der Waals surface area contributed by atoms with E-state index in [9.17, 15) is 23.5 Å². The second kappa shape index (κ2) is 11.7. The third-order valence-electron chi connectivity index (χ3n) is 8.50. The van der Waals surface area contributed by atoms with Gasteiger partial charge in [-0.05, 0) is 44.2 Å². The van der Waals surface area contributed by atoms with E-state index in [2.05, 4.69) is 15.2 Å². The van der Waals surface area contributed by atoms with Crippen molar-refractivity contribution in [3.05, 3.63) is 36.2 Å². The highest BCUT2D eigenvalue weighted by Crippen LogP contribution is 2.32. The minimum Gasteiger partial charge on any atom is -0.465 e. The number of hydrogen-bond acceptors (Lipinski definition) is 8. The predicted octanol–water partition coefficient (Wildman–Crippen LogP) is 3.52. The van der Waals surface area contributed by atoms with Gasteiger partial charge in [-0.2, -0.15) is 9.97 Å². The highest BCUT2D eigenvalue weighted by molar-refractivity contribution is 5.87. The van der Waals surface area contributed by atoms with Gasteiger partial charge >= 0.3 is 6.09 Å². The second-order valence-electron chi connectivity index (χ2n) is 11.0. The molecule has 1 saturated carbocycles. The Morgan fingerprint density at radius 1 is 1.05 bits per heavy atom. The lowest BCUT2D eigenvalue weighted by molar-refractivity contribution is -0.133. The number of carbonyl (C=O) groups is 2. The zero-order valence-electron chi connectivity index (χ0n) is 23.3. The normalized spacial score (nSPS) is 23.1. The number of benzene rings is 1. The second-order valence-corrected chi connectivity index (χ2v) is 11.0. The Hall–Kier alpha value is -4.07. The van der Waals surface area contributed by atoms with E-state index in [0.717, 1.165) is 30.6 Å². The lowest BCUT2D eigenvalue weighted by Crippen LogP contribution is -2.46. The predicted molar refractivity (Wildman–Crippen MR) is 150 cm³/mol. The number of nitrogens with zero attached hydrogens (tertiary/aromatic N) is 7. The zero-order chi connectivity index (χ0) is 29.4. The van der Waals surface area contributed by atoms with Gasteiger partial charge in [-0.15, -0.1) is 0 Å². The molecule has 42 heavy (non-hydrogen) atoms. The number of aromatic nitrogens is 4. The molecule has 1 atom stereocenters. The van der Waals surface area contributed by atoms with Crippen LogP contribution in [0.5, 0.6) is 0 Å². The van der Waals surface area contributed by atoms with Crippen LogP contribution >= 0.6 is 0 Å². The van der Waals surface area contributed by atoms with Crippen LogP contribution in [-0.4, -0.2) is 104 Å². The SMILES string of the molecule is CN(C(=O)O)[C@H]1CCN([C@H]2CC[C@H](Nc3nc(N4CCOCC4)cc(-n4c(C(F)F)nc5ccccc54)n3)CC2)C1=O. The number of carboxylic acid groups (broad SMARTS) is 1. The van der Waals surface area contributed by atoms with Gasteiger partial charge in [-0.1, -0.05) is 12.1 Å². The van der Waals surface area contributed by atoms with Gasteiger partial charge in [0, 0.05) is 44.8 Å². The monoisotopic (exact) mass is 584 g/mol. The molecule has 14 heteroatoms. The standard InChI is InChI=1S/C28H34F2N8O4/c1-35(28(40)41)21-10-11-37(26(21)39)18-8-6-17(7-9-18)31-27-33-22(36-12-14-42-15-13-36)16-23(34-27)38-20-5-3-2-4-19(20)32-25(38)24(29)30/h2-5,16-18,21,24H,6-15H2,1H3,(H,40,41)(H,31,33,34)/t17-,18-,21-/m0/s1. The van der Waals surface area contributed by atoms with Gasteiger partial charge in [-0.3, -0.25) is 14.3 Å². The summed E-state index contributed by atoms with van der Waals surface area (Å²) in [5, 5.41) is 12.7. The number of hydrogen-bond donors (Lipinski definition) is 2. The molecular weight excluding hydrogens is 550 g/mol. The Labute approximate surface area is 241 Å². The molecule has 0 spiro atoms. The molecule has 2 saturated heterocycles. The lowest BCUT2D eigenvalue weighted by atomic mass is 9.90. The fourth-order valence-electron chi connectivity index (χ4n) is 6.24. The van der Waals surface area contributed by atoms with Crippen molar-refractivity contribution < 1.29 is 28.2 Å². The fourth-order valence-corrected chi connectivity index (χ4v) is 6.24. The summed E-state index contributed by atoms with van der Waals surface area (Å²) in [5.74, 6) is 0.758. The number of imidazole rings is 1.